The average molecular weight is 289 g/mol. The summed E-state index contributed by atoms with van der Waals surface area (Å²) < 4.78 is 0. The lowest BCUT2D eigenvalue weighted by Gasteiger charge is -2.34. The van der Waals surface area contributed by atoms with Gasteiger partial charge in [-0.25, -0.2) is 4.79 Å². The Labute approximate surface area is 121 Å². The van der Waals surface area contributed by atoms with Crippen molar-refractivity contribution in [3.05, 3.63) is 52.8 Å². The molecule has 0 radical (unpaired) electrons. The van der Waals surface area contributed by atoms with Crippen LogP contribution in [-0.2, 0) is 13.1 Å². The Bertz CT molecular complexity index is 644. The number of amides is 2. The van der Waals surface area contributed by atoms with E-state index in [-0.39, 0.29) is 6.03 Å². The van der Waals surface area contributed by atoms with Crippen LogP contribution in [0.15, 0.2) is 36.4 Å². The highest BCUT2D eigenvalue weighted by Gasteiger charge is 2.27. The van der Waals surface area contributed by atoms with Gasteiger partial charge in [-0.3, -0.25) is 4.90 Å². The van der Waals surface area contributed by atoms with Gasteiger partial charge in [-0.15, -0.1) is 5.10 Å². The smallest absolute Gasteiger partial charge is 0.323 e. The van der Waals surface area contributed by atoms with Gasteiger partial charge in [0, 0.05) is 13.6 Å². The van der Waals surface area contributed by atoms with E-state index in [9.17, 15) is 4.79 Å². The molecule has 0 fully saturated rings. The third-order valence-corrected chi connectivity index (χ3v) is 3.46. The van der Waals surface area contributed by atoms with Crippen LogP contribution in [0, 0.1) is 0 Å². The fourth-order valence-electron chi connectivity index (χ4n) is 2.28. The van der Waals surface area contributed by atoms with Crippen LogP contribution in [0.1, 0.15) is 11.3 Å². The van der Waals surface area contributed by atoms with E-state index in [1.54, 1.807) is 29.0 Å². The average Bonchev–Trinajstić information content (AvgIpc) is 2.46. The van der Waals surface area contributed by atoms with Gasteiger partial charge in [0.05, 0.1) is 17.9 Å². The zero-order valence-electron chi connectivity index (χ0n) is 11.0. The number of carbonyl (C=O) groups is 1. The number of para-hydroxylation sites is 1. The summed E-state index contributed by atoms with van der Waals surface area (Å²) in [6.07, 6.45) is 0. The van der Waals surface area contributed by atoms with Crippen molar-refractivity contribution in [2.75, 3.05) is 11.9 Å². The summed E-state index contributed by atoms with van der Waals surface area (Å²) in [5, 5.41) is 8.16. The first-order chi connectivity index (χ1) is 9.65. The molecule has 1 aromatic heterocycles. The van der Waals surface area contributed by atoms with Crippen LogP contribution in [0.4, 0.5) is 10.5 Å². The van der Waals surface area contributed by atoms with Gasteiger partial charge in [0.15, 0.2) is 5.15 Å². The molecule has 0 saturated carbocycles. The number of hydrogen-bond donors (Lipinski definition) is 0. The number of fused-ring (bicyclic) bond motifs is 1. The van der Waals surface area contributed by atoms with Gasteiger partial charge in [-0.2, -0.15) is 5.10 Å². The molecular formula is C14H13ClN4O. The molecule has 1 aromatic carbocycles. The van der Waals surface area contributed by atoms with Gasteiger partial charge in [-0.1, -0.05) is 29.8 Å². The van der Waals surface area contributed by atoms with Gasteiger partial charge in [0.25, 0.3) is 0 Å². The summed E-state index contributed by atoms with van der Waals surface area (Å²) in [5.74, 6) is 0. The lowest BCUT2D eigenvalue weighted by atomic mass is 10.1. The summed E-state index contributed by atoms with van der Waals surface area (Å²) in [4.78, 5) is 15.7. The van der Waals surface area contributed by atoms with Crippen molar-refractivity contribution in [2.45, 2.75) is 13.1 Å². The molecular weight excluding hydrogens is 276 g/mol. The highest BCUT2D eigenvalue weighted by molar-refractivity contribution is 6.29. The van der Waals surface area contributed by atoms with Crippen molar-refractivity contribution >= 4 is 23.3 Å². The number of anilines is 1. The van der Waals surface area contributed by atoms with Crippen LogP contribution in [0.25, 0.3) is 0 Å². The molecule has 6 heteroatoms. The number of urea groups is 1. The van der Waals surface area contributed by atoms with Gasteiger partial charge < -0.3 is 4.90 Å². The highest BCUT2D eigenvalue weighted by atomic mass is 35.5. The van der Waals surface area contributed by atoms with Crippen LogP contribution in [0.2, 0.25) is 5.15 Å². The van der Waals surface area contributed by atoms with Crippen LogP contribution in [-0.4, -0.2) is 28.2 Å². The number of aromatic nitrogens is 2. The second-order valence-corrected chi connectivity index (χ2v) is 5.09. The lowest BCUT2D eigenvalue weighted by Crippen LogP contribution is -2.44. The predicted octanol–water partition coefficient (Wildman–Crippen LogP) is 2.70. The molecule has 0 bridgehead atoms. The summed E-state index contributed by atoms with van der Waals surface area (Å²) in [6.45, 7) is 1.00. The Morgan fingerprint density at radius 2 is 2.00 bits per heavy atom. The molecule has 20 heavy (non-hydrogen) atoms. The van der Waals surface area contributed by atoms with Crippen molar-refractivity contribution in [3.8, 4) is 0 Å². The van der Waals surface area contributed by atoms with Gasteiger partial charge in [-0.05, 0) is 23.8 Å². The first-order valence-corrected chi connectivity index (χ1v) is 6.61. The Balaban J connectivity index is 1.95. The number of nitrogens with zero attached hydrogens (tertiary/aromatic N) is 4. The first-order valence-electron chi connectivity index (χ1n) is 6.24. The fourth-order valence-corrected chi connectivity index (χ4v) is 2.38. The largest absolute Gasteiger partial charge is 0.324 e. The van der Waals surface area contributed by atoms with E-state index < -0.39 is 0 Å². The standard InChI is InChI=1S/C14H13ClN4O/c1-18-8-10-4-2-3-5-12(10)19(14(18)20)9-11-6-7-13(15)17-16-11/h2-7H,8-9H2,1H3. The molecule has 0 spiro atoms. The molecule has 0 aliphatic carbocycles. The number of halogens is 1. The molecule has 0 N–H and O–H groups in total. The van der Waals surface area contributed by atoms with Crippen LogP contribution < -0.4 is 4.90 Å². The second kappa shape index (κ2) is 5.09. The summed E-state index contributed by atoms with van der Waals surface area (Å²) >= 11 is 5.72. The van der Waals surface area contributed by atoms with Gasteiger partial charge in [0.2, 0.25) is 0 Å². The van der Waals surface area contributed by atoms with E-state index >= 15 is 0 Å². The van der Waals surface area contributed by atoms with Gasteiger partial charge in [0.1, 0.15) is 0 Å². The third kappa shape index (κ3) is 2.32. The Morgan fingerprint density at radius 1 is 1.20 bits per heavy atom. The molecule has 0 unspecified atom stereocenters. The molecule has 0 atom stereocenters. The number of carbonyl (C=O) groups excluding carboxylic acids is 1. The summed E-state index contributed by atoms with van der Waals surface area (Å²) in [7, 11) is 1.79. The molecule has 5 nitrogen and oxygen atoms in total. The summed E-state index contributed by atoms with van der Waals surface area (Å²) in [6, 6.07) is 11.3. The van der Waals surface area contributed by atoms with E-state index in [2.05, 4.69) is 10.2 Å². The molecule has 1 aliphatic rings. The van der Waals surface area contributed by atoms with Crippen LogP contribution >= 0.6 is 11.6 Å². The summed E-state index contributed by atoms with van der Waals surface area (Å²) in [5.41, 5.74) is 2.75. The van der Waals surface area contributed by atoms with Crippen LogP contribution in [0.5, 0.6) is 0 Å². The SMILES string of the molecule is CN1Cc2ccccc2N(Cc2ccc(Cl)nn2)C1=O. The van der Waals surface area contributed by atoms with Crippen LogP contribution in [0.3, 0.4) is 0 Å². The number of benzene rings is 1. The Hall–Kier alpha value is -2.14. The maximum absolute atomic E-state index is 12.3. The zero-order chi connectivity index (χ0) is 14.1. The highest BCUT2D eigenvalue weighted by Crippen LogP contribution is 2.28. The van der Waals surface area contributed by atoms with E-state index in [4.69, 9.17) is 11.6 Å². The van der Waals surface area contributed by atoms with Crippen molar-refractivity contribution < 1.29 is 4.79 Å². The van der Waals surface area contributed by atoms with Crippen molar-refractivity contribution in [1.82, 2.24) is 15.1 Å². The number of rotatable bonds is 2. The van der Waals surface area contributed by atoms with Crippen molar-refractivity contribution in [2.24, 2.45) is 0 Å². The van der Waals surface area contributed by atoms with Gasteiger partial charge >= 0.3 is 6.03 Å². The monoisotopic (exact) mass is 288 g/mol. The Morgan fingerprint density at radius 3 is 2.75 bits per heavy atom. The maximum atomic E-state index is 12.3. The lowest BCUT2D eigenvalue weighted by molar-refractivity contribution is 0.210. The molecule has 3 rings (SSSR count). The Kier molecular flexibility index (Phi) is 3.28. The van der Waals surface area contributed by atoms with E-state index in [0.717, 1.165) is 11.3 Å². The minimum absolute atomic E-state index is 0.0412. The molecule has 2 heterocycles. The maximum Gasteiger partial charge on any atom is 0.324 e. The minimum atomic E-state index is -0.0412. The van der Waals surface area contributed by atoms with E-state index in [1.165, 1.54) is 0 Å². The molecule has 2 aromatic rings. The molecule has 102 valence electrons. The first kappa shape index (κ1) is 12.9. The predicted molar refractivity (Wildman–Crippen MR) is 76.5 cm³/mol. The quantitative estimate of drug-likeness (QED) is 0.854. The number of hydrogen-bond acceptors (Lipinski definition) is 3. The van der Waals surface area contributed by atoms with Crippen molar-refractivity contribution in [1.29, 1.82) is 0 Å². The topological polar surface area (TPSA) is 49.3 Å². The van der Waals surface area contributed by atoms with Crippen molar-refractivity contribution in [3.63, 3.8) is 0 Å². The third-order valence-electron chi connectivity index (χ3n) is 3.25. The normalized spacial score (nSPS) is 14.4. The molecule has 0 saturated heterocycles. The van der Waals surface area contributed by atoms with E-state index in [1.807, 2.05) is 24.3 Å². The van der Waals surface area contributed by atoms with E-state index in [0.29, 0.717) is 23.9 Å². The minimum Gasteiger partial charge on any atom is -0.323 e. The molecule has 1 aliphatic heterocycles. The molecule has 2 amide bonds. The zero-order valence-corrected chi connectivity index (χ0v) is 11.7. The second-order valence-electron chi connectivity index (χ2n) is 4.70. The fraction of sp³-hybridized carbons (Fsp3) is 0.214.